The number of hydrogen-bond donors (Lipinski definition) is 2. The summed E-state index contributed by atoms with van der Waals surface area (Å²) in [7, 11) is 0. The zero-order valence-electron chi connectivity index (χ0n) is 10.9. The van der Waals surface area contributed by atoms with Gasteiger partial charge in [0.05, 0.1) is 17.9 Å². The quantitative estimate of drug-likeness (QED) is 0.803. The Morgan fingerprint density at radius 3 is 2.72 bits per heavy atom. The van der Waals surface area contributed by atoms with E-state index in [4.69, 9.17) is 5.73 Å². The highest BCUT2D eigenvalue weighted by Gasteiger charge is 2.14. The van der Waals surface area contributed by atoms with Crippen molar-refractivity contribution in [2.45, 2.75) is 26.2 Å². The standard InChI is InChI=1S/C14H21N3O/c1-11-5-6-13(12(15)9-11)16-14(18)10-17-7-3-2-4-8-17/h5-6,9H,2-4,7-8,10,15H2,1H3,(H,16,18). The van der Waals surface area contributed by atoms with Crippen molar-refractivity contribution in [3.05, 3.63) is 23.8 Å². The number of carbonyl (C=O) groups is 1. The van der Waals surface area contributed by atoms with Crippen LogP contribution in [0.3, 0.4) is 0 Å². The fourth-order valence-corrected chi connectivity index (χ4v) is 2.31. The number of likely N-dealkylation sites (tertiary alicyclic amines) is 1. The highest BCUT2D eigenvalue weighted by Crippen LogP contribution is 2.19. The Morgan fingerprint density at radius 1 is 1.33 bits per heavy atom. The second kappa shape index (κ2) is 5.87. The molecule has 0 atom stereocenters. The molecule has 2 rings (SSSR count). The van der Waals surface area contributed by atoms with Gasteiger partial charge in [0.1, 0.15) is 0 Å². The van der Waals surface area contributed by atoms with Gasteiger partial charge in [0.25, 0.3) is 0 Å². The predicted octanol–water partition coefficient (Wildman–Crippen LogP) is 2.00. The number of nitrogens with one attached hydrogen (secondary N) is 1. The van der Waals surface area contributed by atoms with Gasteiger partial charge in [0.15, 0.2) is 0 Å². The zero-order chi connectivity index (χ0) is 13.0. The molecule has 1 fully saturated rings. The lowest BCUT2D eigenvalue weighted by Crippen LogP contribution is -2.36. The van der Waals surface area contributed by atoms with E-state index in [0.29, 0.717) is 17.9 Å². The molecule has 0 unspecified atom stereocenters. The monoisotopic (exact) mass is 247 g/mol. The van der Waals surface area contributed by atoms with Gasteiger partial charge < -0.3 is 11.1 Å². The Labute approximate surface area is 108 Å². The average molecular weight is 247 g/mol. The van der Waals surface area contributed by atoms with Crippen LogP contribution in [0.1, 0.15) is 24.8 Å². The number of anilines is 2. The molecule has 4 heteroatoms. The summed E-state index contributed by atoms with van der Waals surface area (Å²) < 4.78 is 0. The number of amides is 1. The van der Waals surface area contributed by atoms with Gasteiger partial charge >= 0.3 is 0 Å². The second-order valence-electron chi connectivity index (χ2n) is 4.98. The minimum absolute atomic E-state index is 0.0208. The number of piperidine rings is 1. The summed E-state index contributed by atoms with van der Waals surface area (Å²) in [5.41, 5.74) is 8.31. The Bertz CT molecular complexity index is 425. The Balaban J connectivity index is 1.90. The molecule has 0 aliphatic carbocycles. The van der Waals surface area contributed by atoms with E-state index in [1.807, 2.05) is 25.1 Å². The van der Waals surface area contributed by atoms with Gasteiger partial charge in [0.2, 0.25) is 5.91 Å². The van der Waals surface area contributed by atoms with E-state index in [9.17, 15) is 4.79 Å². The van der Waals surface area contributed by atoms with Crippen molar-refractivity contribution in [1.82, 2.24) is 4.90 Å². The van der Waals surface area contributed by atoms with Gasteiger partial charge in [-0.2, -0.15) is 0 Å². The van der Waals surface area contributed by atoms with Crippen LogP contribution < -0.4 is 11.1 Å². The molecule has 1 aliphatic heterocycles. The lowest BCUT2D eigenvalue weighted by molar-refractivity contribution is -0.117. The SMILES string of the molecule is Cc1ccc(NC(=O)CN2CCCCC2)c(N)c1. The molecule has 0 radical (unpaired) electrons. The smallest absolute Gasteiger partial charge is 0.238 e. The molecule has 1 aromatic carbocycles. The first-order valence-corrected chi connectivity index (χ1v) is 6.53. The minimum atomic E-state index is 0.0208. The second-order valence-corrected chi connectivity index (χ2v) is 4.98. The van der Waals surface area contributed by atoms with Gasteiger partial charge in [-0.1, -0.05) is 12.5 Å². The van der Waals surface area contributed by atoms with Crippen molar-refractivity contribution >= 4 is 17.3 Å². The molecule has 0 bridgehead atoms. The van der Waals surface area contributed by atoms with Crippen molar-refractivity contribution in [2.75, 3.05) is 30.7 Å². The molecule has 3 N–H and O–H groups in total. The molecular formula is C14H21N3O. The molecule has 4 nitrogen and oxygen atoms in total. The topological polar surface area (TPSA) is 58.4 Å². The maximum Gasteiger partial charge on any atom is 0.238 e. The normalized spacial score (nSPS) is 16.5. The summed E-state index contributed by atoms with van der Waals surface area (Å²) in [5.74, 6) is 0.0208. The molecule has 0 aromatic heterocycles. The van der Waals surface area contributed by atoms with E-state index in [0.717, 1.165) is 18.7 Å². The Morgan fingerprint density at radius 2 is 2.06 bits per heavy atom. The fraction of sp³-hybridized carbons (Fsp3) is 0.500. The van der Waals surface area contributed by atoms with Crippen molar-refractivity contribution in [2.24, 2.45) is 0 Å². The summed E-state index contributed by atoms with van der Waals surface area (Å²) in [6.07, 6.45) is 3.67. The van der Waals surface area contributed by atoms with E-state index >= 15 is 0 Å². The van der Waals surface area contributed by atoms with Gasteiger partial charge in [0, 0.05) is 0 Å². The van der Waals surface area contributed by atoms with E-state index in [1.54, 1.807) is 0 Å². The Kier molecular flexibility index (Phi) is 4.20. The summed E-state index contributed by atoms with van der Waals surface area (Å²) in [6, 6.07) is 5.68. The zero-order valence-corrected chi connectivity index (χ0v) is 10.9. The molecule has 98 valence electrons. The molecule has 1 amide bonds. The minimum Gasteiger partial charge on any atom is -0.397 e. The van der Waals surface area contributed by atoms with Crippen molar-refractivity contribution < 1.29 is 4.79 Å². The largest absolute Gasteiger partial charge is 0.397 e. The average Bonchev–Trinajstić information content (AvgIpc) is 2.34. The van der Waals surface area contributed by atoms with Crippen LogP contribution >= 0.6 is 0 Å². The number of aryl methyl sites for hydroxylation is 1. The molecule has 1 aliphatic rings. The number of nitrogen functional groups attached to an aromatic ring is 1. The van der Waals surface area contributed by atoms with Gasteiger partial charge in [-0.3, -0.25) is 9.69 Å². The van der Waals surface area contributed by atoms with E-state index < -0.39 is 0 Å². The van der Waals surface area contributed by atoms with Crippen LogP contribution in [0.25, 0.3) is 0 Å². The lowest BCUT2D eigenvalue weighted by atomic mass is 10.1. The van der Waals surface area contributed by atoms with Crippen LogP contribution in [0.4, 0.5) is 11.4 Å². The van der Waals surface area contributed by atoms with Crippen LogP contribution in [-0.4, -0.2) is 30.4 Å². The van der Waals surface area contributed by atoms with Gasteiger partial charge in [-0.15, -0.1) is 0 Å². The number of carbonyl (C=O) groups excluding carboxylic acids is 1. The maximum atomic E-state index is 11.9. The predicted molar refractivity (Wildman–Crippen MR) is 74.5 cm³/mol. The molecule has 0 saturated carbocycles. The van der Waals surface area contributed by atoms with Crippen LogP contribution in [-0.2, 0) is 4.79 Å². The van der Waals surface area contributed by atoms with Crippen LogP contribution in [0, 0.1) is 6.92 Å². The van der Waals surface area contributed by atoms with Gasteiger partial charge in [-0.25, -0.2) is 0 Å². The third-order valence-corrected chi connectivity index (χ3v) is 3.30. The third kappa shape index (κ3) is 3.47. The molecule has 1 heterocycles. The van der Waals surface area contributed by atoms with Gasteiger partial charge in [-0.05, 0) is 50.6 Å². The number of benzene rings is 1. The van der Waals surface area contributed by atoms with E-state index in [1.165, 1.54) is 19.3 Å². The number of nitrogens with two attached hydrogens (primary N) is 1. The highest BCUT2D eigenvalue weighted by atomic mass is 16.2. The summed E-state index contributed by atoms with van der Waals surface area (Å²) in [6.45, 7) is 4.50. The first-order valence-electron chi connectivity index (χ1n) is 6.53. The molecule has 1 saturated heterocycles. The van der Waals surface area contributed by atoms with Crippen LogP contribution in [0.5, 0.6) is 0 Å². The van der Waals surface area contributed by atoms with Crippen molar-refractivity contribution in [1.29, 1.82) is 0 Å². The fourth-order valence-electron chi connectivity index (χ4n) is 2.31. The van der Waals surface area contributed by atoms with E-state index in [2.05, 4.69) is 10.2 Å². The molecule has 18 heavy (non-hydrogen) atoms. The summed E-state index contributed by atoms with van der Waals surface area (Å²) in [5, 5.41) is 2.88. The van der Waals surface area contributed by atoms with Crippen molar-refractivity contribution in [3.8, 4) is 0 Å². The molecule has 0 spiro atoms. The van der Waals surface area contributed by atoms with Crippen LogP contribution in [0.2, 0.25) is 0 Å². The van der Waals surface area contributed by atoms with Crippen LogP contribution in [0.15, 0.2) is 18.2 Å². The number of hydrogen-bond acceptors (Lipinski definition) is 3. The molecule has 1 aromatic rings. The first-order chi connectivity index (χ1) is 8.65. The summed E-state index contributed by atoms with van der Waals surface area (Å²) >= 11 is 0. The maximum absolute atomic E-state index is 11.9. The van der Waals surface area contributed by atoms with E-state index in [-0.39, 0.29) is 5.91 Å². The number of rotatable bonds is 3. The Hall–Kier alpha value is -1.55. The third-order valence-electron chi connectivity index (χ3n) is 3.30. The first kappa shape index (κ1) is 12.9. The van der Waals surface area contributed by atoms with Crippen molar-refractivity contribution in [3.63, 3.8) is 0 Å². The number of nitrogens with zero attached hydrogens (tertiary/aromatic N) is 1. The summed E-state index contributed by atoms with van der Waals surface area (Å²) in [4.78, 5) is 14.1. The highest BCUT2D eigenvalue weighted by molar-refractivity contribution is 5.95. The molecular weight excluding hydrogens is 226 g/mol. The lowest BCUT2D eigenvalue weighted by Gasteiger charge is -2.25.